The number of nitriles is 2. The zero-order valence-electron chi connectivity index (χ0n) is 7.10. The summed E-state index contributed by atoms with van der Waals surface area (Å²) < 4.78 is 12.0. The third kappa shape index (κ3) is 24.9. The van der Waals surface area contributed by atoms with E-state index < -0.39 is 11.6 Å². The van der Waals surface area contributed by atoms with Crippen molar-refractivity contribution in [2.24, 2.45) is 0 Å². The van der Waals surface area contributed by atoms with E-state index in [1.165, 1.54) is 6.07 Å². The highest BCUT2D eigenvalue weighted by Crippen LogP contribution is 2.35. The lowest BCUT2D eigenvalue weighted by molar-refractivity contribution is 0.201. The van der Waals surface area contributed by atoms with Gasteiger partial charge in [0, 0.05) is 0 Å². The maximum Gasteiger partial charge on any atom is 0.469 e. The highest BCUT2D eigenvalue weighted by Gasteiger charge is 2.16. The van der Waals surface area contributed by atoms with Crippen molar-refractivity contribution in [3.05, 3.63) is 0 Å². The molecule has 0 fully saturated rings. The van der Waals surface area contributed by atoms with Gasteiger partial charge < -0.3 is 9.79 Å². The van der Waals surface area contributed by atoms with Crippen LogP contribution in [-0.2, 0) is 9.09 Å². The lowest BCUT2D eigenvalue weighted by Crippen LogP contribution is -1.92. The second-order valence-corrected chi connectivity index (χ2v) is 5.36. The zero-order chi connectivity index (χ0) is 12.5. The van der Waals surface area contributed by atoms with Gasteiger partial charge in [-0.2, -0.15) is 10.5 Å². The average molecular weight is 295 g/mol. The van der Waals surface area contributed by atoms with Crippen molar-refractivity contribution >= 4 is 42.6 Å². The van der Waals surface area contributed by atoms with Crippen LogP contribution < -0.4 is 0 Å². The van der Waals surface area contributed by atoms with Gasteiger partial charge in [-0.15, -0.1) is 0 Å². The van der Waals surface area contributed by atoms with E-state index in [9.17, 15) is 4.57 Å². The van der Waals surface area contributed by atoms with Crippen LogP contribution in [0.4, 0.5) is 0 Å². The van der Waals surface area contributed by atoms with E-state index in [-0.39, 0.29) is 13.0 Å². The molecular weight excluding hydrogens is 289 g/mol. The van der Waals surface area contributed by atoms with Gasteiger partial charge in [-0.1, -0.05) is 34.8 Å². The van der Waals surface area contributed by atoms with Crippen LogP contribution in [0.5, 0.6) is 0 Å². The van der Waals surface area contributed by atoms with E-state index in [1.54, 1.807) is 6.07 Å². The van der Waals surface area contributed by atoms with Gasteiger partial charge in [-0.3, -0.25) is 4.52 Å². The summed E-state index contributed by atoms with van der Waals surface area (Å²) in [4.78, 5) is 16.0. The molecule has 0 amide bonds. The number of phosphoric acid groups is 1. The number of hydrogen-bond acceptors (Lipinski definition) is 4. The molecule has 0 saturated heterocycles. The smallest absolute Gasteiger partial charge is 0.303 e. The summed E-state index contributed by atoms with van der Waals surface area (Å²) in [6.45, 7) is -0.221. The quantitative estimate of drug-likeness (QED) is 0.467. The van der Waals surface area contributed by atoms with Crippen LogP contribution in [-0.4, -0.2) is 20.2 Å². The summed E-state index contributed by atoms with van der Waals surface area (Å²) in [5, 5.41) is 15.6. The van der Waals surface area contributed by atoms with Crippen LogP contribution in [0.2, 0.25) is 0 Å². The van der Waals surface area contributed by atoms with Crippen molar-refractivity contribution in [1.29, 1.82) is 10.5 Å². The summed E-state index contributed by atoms with van der Waals surface area (Å²) in [6.07, 6.45) is -0.00882. The molecule has 15 heavy (non-hydrogen) atoms. The van der Waals surface area contributed by atoms with E-state index in [0.29, 0.717) is 0 Å². The minimum atomic E-state index is -4.35. The monoisotopic (exact) mass is 294 g/mol. The first-order chi connectivity index (χ1) is 6.62. The van der Waals surface area contributed by atoms with E-state index in [1.807, 2.05) is 0 Å². The Morgan fingerprint density at radius 3 is 1.93 bits per heavy atom. The molecule has 0 aliphatic heterocycles. The number of rotatable bonds is 3. The molecule has 0 saturated carbocycles. The molecule has 10 heteroatoms. The lowest BCUT2D eigenvalue weighted by atomic mass is 10.5. The third-order valence-corrected chi connectivity index (χ3v) is 1.37. The fourth-order valence-corrected chi connectivity index (χ4v) is 0.539. The largest absolute Gasteiger partial charge is 0.469 e. The summed E-state index contributed by atoms with van der Waals surface area (Å²) >= 11 is 14.7. The lowest BCUT2D eigenvalue weighted by Gasteiger charge is -1.99. The van der Waals surface area contributed by atoms with Gasteiger partial charge in [0.2, 0.25) is 0 Å². The van der Waals surface area contributed by atoms with E-state index in [2.05, 4.69) is 4.52 Å². The van der Waals surface area contributed by atoms with Gasteiger partial charge >= 0.3 is 7.82 Å². The first-order valence-corrected chi connectivity index (χ1v) is 5.84. The van der Waals surface area contributed by atoms with Crippen LogP contribution >= 0.6 is 42.6 Å². The Morgan fingerprint density at radius 1 is 1.33 bits per heavy atom. The van der Waals surface area contributed by atoms with Crippen LogP contribution in [0.25, 0.3) is 0 Å². The molecule has 0 aliphatic carbocycles. The molecule has 0 aromatic rings. The SMILES string of the molecule is N#CC(Cl)(Cl)Cl.N#CCCOP(=O)(O)O. The first-order valence-electron chi connectivity index (χ1n) is 3.17. The predicted molar refractivity (Wildman–Crippen MR) is 54.1 cm³/mol. The van der Waals surface area contributed by atoms with Crippen LogP contribution in [0.15, 0.2) is 0 Å². The number of halogens is 3. The fraction of sp³-hybridized carbons (Fsp3) is 0.600. The van der Waals surface area contributed by atoms with Crippen LogP contribution in [0.1, 0.15) is 6.42 Å². The van der Waals surface area contributed by atoms with E-state index >= 15 is 0 Å². The summed E-state index contributed by atoms with van der Waals surface area (Å²) in [7, 11) is -4.35. The topological polar surface area (TPSA) is 114 Å². The standard InChI is InChI=1S/C3H6NO4P.C2Cl3N/c4-2-1-3-8-9(5,6)7;3-2(4,5)1-6/h1,3H2,(H2,5,6,7);. The van der Waals surface area contributed by atoms with Gasteiger partial charge in [-0.25, -0.2) is 4.57 Å². The van der Waals surface area contributed by atoms with Gasteiger partial charge in [0.05, 0.1) is 19.1 Å². The molecule has 0 rings (SSSR count). The highest BCUT2D eigenvalue weighted by atomic mass is 35.6. The van der Waals surface area contributed by atoms with Crippen molar-refractivity contribution in [3.63, 3.8) is 0 Å². The second kappa shape index (κ2) is 8.15. The molecule has 0 unspecified atom stereocenters. The maximum absolute atomic E-state index is 9.87. The van der Waals surface area contributed by atoms with Crippen molar-refractivity contribution in [2.45, 2.75) is 10.2 Å². The first kappa shape index (κ1) is 17.4. The van der Waals surface area contributed by atoms with E-state index in [4.69, 9.17) is 55.1 Å². The molecular formula is C5H6Cl3N2O4P. The Bertz CT molecular complexity index is 299. The van der Waals surface area contributed by atoms with Gasteiger partial charge in [0.15, 0.2) is 0 Å². The Balaban J connectivity index is 0. The molecule has 86 valence electrons. The van der Waals surface area contributed by atoms with Crippen LogP contribution in [0, 0.1) is 22.7 Å². The Labute approximate surface area is 101 Å². The maximum atomic E-state index is 9.87. The minimum Gasteiger partial charge on any atom is -0.303 e. The Kier molecular flexibility index (Phi) is 9.43. The van der Waals surface area contributed by atoms with Gasteiger partial charge in [0.1, 0.15) is 6.07 Å². The molecule has 2 N–H and O–H groups in total. The predicted octanol–water partition coefficient (Wildman–Crippen LogP) is 1.89. The minimum absolute atomic E-state index is 0.00882. The van der Waals surface area contributed by atoms with Crippen LogP contribution in [0.3, 0.4) is 0 Å². The molecule has 0 bridgehead atoms. The molecule has 0 spiro atoms. The van der Waals surface area contributed by atoms with Crippen molar-refractivity contribution in [2.75, 3.05) is 6.61 Å². The third-order valence-electron chi connectivity index (χ3n) is 0.600. The molecule has 0 aromatic carbocycles. The number of phosphoric ester groups is 1. The fourth-order valence-electron chi connectivity index (χ4n) is 0.210. The van der Waals surface area contributed by atoms with Gasteiger partial charge in [0.25, 0.3) is 3.79 Å². The molecule has 0 heterocycles. The second-order valence-electron chi connectivity index (χ2n) is 1.84. The Hall–Kier alpha value is -0.0400. The average Bonchev–Trinajstić information content (AvgIpc) is 2.02. The molecule has 0 aliphatic rings. The molecule has 0 aromatic heterocycles. The summed E-state index contributed by atoms with van der Waals surface area (Å²) in [5.41, 5.74) is 0. The zero-order valence-corrected chi connectivity index (χ0v) is 10.3. The molecule has 6 nitrogen and oxygen atoms in total. The number of hydrogen-bond donors (Lipinski definition) is 2. The van der Waals surface area contributed by atoms with E-state index in [0.717, 1.165) is 0 Å². The normalized spacial score (nSPS) is 10.6. The van der Waals surface area contributed by atoms with Crippen molar-refractivity contribution < 1.29 is 18.9 Å². The van der Waals surface area contributed by atoms with Crippen molar-refractivity contribution in [1.82, 2.24) is 0 Å². The summed E-state index contributed by atoms with van der Waals surface area (Å²) in [6, 6.07) is 3.07. The number of alkyl halides is 3. The van der Waals surface area contributed by atoms with Crippen molar-refractivity contribution in [3.8, 4) is 12.1 Å². The van der Waals surface area contributed by atoms with Gasteiger partial charge in [-0.05, 0) is 0 Å². The summed E-state index contributed by atoms with van der Waals surface area (Å²) in [5.74, 6) is 0. The highest BCUT2D eigenvalue weighted by molar-refractivity contribution is 7.46. The Morgan fingerprint density at radius 2 is 1.73 bits per heavy atom. The number of nitrogens with zero attached hydrogens (tertiary/aromatic N) is 2. The molecule has 0 radical (unpaired) electrons. The molecule has 0 atom stereocenters.